The molecule has 0 heterocycles. The summed E-state index contributed by atoms with van der Waals surface area (Å²) in [6.07, 6.45) is 4.01. The van der Waals surface area contributed by atoms with E-state index in [2.05, 4.69) is 27.9 Å². The van der Waals surface area contributed by atoms with Crippen molar-refractivity contribution in [2.24, 2.45) is 0 Å². The van der Waals surface area contributed by atoms with Gasteiger partial charge >= 0.3 is 0 Å². The van der Waals surface area contributed by atoms with Gasteiger partial charge in [-0.15, -0.1) is 0 Å². The maximum absolute atomic E-state index is 5.36. The van der Waals surface area contributed by atoms with Crippen LogP contribution in [0.4, 0.5) is 0 Å². The molecule has 0 aromatic heterocycles. The standard InChI is InChI=1S/C11H26NO/c1-5-7-8-9-12(3,4)10-11-13-6-2/h5-11H2,1-4H3/q+1. The Labute approximate surface area is 83.5 Å². The van der Waals surface area contributed by atoms with E-state index in [-0.39, 0.29) is 0 Å². The Morgan fingerprint density at radius 2 is 1.69 bits per heavy atom. The molecule has 0 saturated heterocycles. The molecule has 13 heavy (non-hydrogen) atoms. The first-order valence-electron chi connectivity index (χ1n) is 5.52. The minimum atomic E-state index is 0.842. The average Bonchev–Trinajstić information content (AvgIpc) is 2.05. The van der Waals surface area contributed by atoms with Crippen molar-refractivity contribution in [3.8, 4) is 0 Å². The van der Waals surface area contributed by atoms with E-state index in [1.165, 1.54) is 25.8 Å². The molecule has 0 unspecified atom stereocenters. The van der Waals surface area contributed by atoms with Crippen molar-refractivity contribution in [3.63, 3.8) is 0 Å². The van der Waals surface area contributed by atoms with E-state index in [4.69, 9.17) is 4.74 Å². The zero-order valence-electron chi connectivity index (χ0n) is 9.81. The van der Waals surface area contributed by atoms with Crippen LogP contribution in [0.1, 0.15) is 33.1 Å². The molecule has 0 spiro atoms. The largest absolute Gasteiger partial charge is 0.376 e. The van der Waals surface area contributed by atoms with E-state index in [0.29, 0.717) is 0 Å². The fourth-order valence-electron chi connectivity index (χ4n) is 1.36. The summed E-state index contributed by atoms with van der Waals surface area (Å²) in [4.78, 5) is 0. The highest BCUT2D eigenvalue weighted by molar-refractivity contribution is 4.39. The first kappa shape index (κ1) is 12.9. The van der Waals surface area contributed by atoms with Gasteiger partial charge in [-0.25, -0.2) is 0 Å². The van der Waals surface area contributed by atoms with Gasteiger partial charge in [-0.1, -0.05) is 13.3 Å². The van der Waals surface area contributed by atoms with Crippen LogP contribution in [0, 0.1) is 0 Å². The van der Waals surface area contributed by atoms with Crippen molar-refractivity contribution in [3.05, 3.63) is 0 Å². The summed E-state index contributed by atoms with van der Waals surface area (Å²) in [6.45, 7) is 8.46. The summed E-state index contributed by atoms with van der Waals surface area (Å²) < 4.78 is 6.46. The normalized spacial score (nSPS) is 12.0. The molecule has 2 nitrogen and oxygen atoms in total. The van der Waals surface area contributed by atoms with Crippen LogP contribution in [0.5, 0.6) is 0 Å². The Morgan fingerprint density at radius 3 is 2.23 bits per heavy atom. The van der Waals surface area contributed by atoms with Crippen molar-refractivity contribution in [1.82, 2.24) is 0 Å². The first-order valence-corrected chi connectivity index (χ1v) is 5.52. The summed E-state index contributed by atoms with van der Waals surface area (Å²) in [5.41, 5.74) is 0. The summed E-state index contributed by atoms with van der Waals surface area (Å²) in [7, 11) is 4.57. The Balaban J connectivity index is 3.42. The molecule has 0 amide bonds. The number of ether oxygens (including phenoxy) is 1. The van der Waals surface area contributed by atoms with Crippen molar-refractivity contribution in [2.45, 2.75) is 33.1 Å². The third-order valence-corrected chi connectivity index (χ3v) is 2.41. The second-order valence-electron chi connectivity index (χ2n) is 4.29. The van der Waals surface area contributed by atoms with E-state index in [9.17, 15) is 0 Å². The van der Waals surface area contributed by atoms with Crippen LogP contribution < -0.4 is 0 Å². The zero-order valence-corrected chi connectivity index (χ0v) is 9.81. The third kappa shape index (κ3) is 8.26. The predicted molar refractivity (Wildman–Crippen MR) is 57.9 cm³/mol. The summed E-state index contributed by atoms with van der Waals surface area (Å²) in [6, 6.07) is 0. The molecular formula is C11H26NO+. The Hall–Kier alpha value is -0.0800. The highest BCUT2D eigenvalue weighted by Gasteiger charge is 2.13. The van der Waals surface area contributed by atoms with E-state index < -0.39 is 0 Å². The van der Waals surface area contributed by atoms with Gasteiger partial charge in [0.1, 0.15) is 6.54 Å². The highest BCUT2D eigenvalue weighted by atomic mass is 16.5. The lowest BCUT2D eigenvalue weighted by molar-refractivity contribution is -0.890. The highest BCUT2D eigenvalue weighted by Crippen LogP contribution is 2.03. The van der Waals surface area contributed by atoms with E-state index >= 15 is 0 Å². The van der Waals surface area contributed by atoms with Gasteiger partial charge < -0.3 is 9.22 Å². The number of hydrogen-bond donors (Lipinski definition) is 0. The van der Waals surface area contributed by atoms with Crippen LogP contribution in [0.3, 0.4) is 0 Å². The van der Waals surface area contributed by atoms with Crippen molar-refractivity contribution < 1.29 is 9.22 Å². The van der Waals surface area contributed by atoms with Crippen LogP contribution in [0.15, 0.2) is 0 Å². The van der Waals surface area contributed by atoms with Crippen LogP contribution >= 0.6 is 0 Å². The average molecular weight is 188 g/mol. The van der Waals surface area contributed by atoms with Crippen LogP contribution in [-0.2, 0) is 4.74 Å². The van der Waals surface area contributed by atoms with Crippen LogP contribution in [0.25, 0.3) is 0 Å². The van der Waals surface area contributed by atoms with E-state index in [1.807, 2.05) is 0 Å². The lowest BCUT2D eigenvalue weighted by Crippen LogP contribution is -2.43. The van der Waals surface area contributed by atoms with Gasteiger partial charge in [0.05, 0.1) is 27.2 Å². The molecule has 2 heteroatoms. The topological polar surface area (TPSA) is 9.23 Å². The van der Waals surface area contributed by atoms with Crippen molar-refractivity contribution >= 4 is 0 Å². The molecule has 0 aliphatic rings. The van der Waals surface area contributed by atoms with Gasteiger partial charge in [0.25, 0.3) is 0 Å². The molecule has 0 saturated carbocycles. The second kappa shape index (κ2) is 7.34. The van der Waals surface area contributed by atoms with Gasteiger partial charge in [0, 0.05) is 6.61 Å². The second-order valence-corrected chi connectivity index (χ2v) is 4.29. The van der Waals surface area contributed by atoms with Crippen LogP contribution in [0.2, 0.25) is 0 Å². The Morgan fingerprint density at radius 1 is 1.00 bits per heavy atom. The number of unbranched alkanes of at least 4 members (excludes halogenated alkanes) is 2. The quantitative estimate of drug-likeness (QED) is 0.419. The number of hydrogen-bond acceptors (Lipinski definition) is 1. The molecule has 0 aliphatic carbocycles. The maximum atomic E-state index is 5.36. The number of rotatable bonds is 8. The zero-order chi connectivity index (χ0) is 10.2. The lowest BCUT2D eigenvalue weighted by atomic mass is 10.2. The number of quaternary nitrogens is 1. The van der Waals surface area contributed by atoms with Gasteiger partial charge in [-0.2, -0.15) is 0 Å². The van der Waals surface area contributed by atoms with Gasteiger partial charge in [-0.3, -0.25) is 0 Å². The lowest BCUT2D eigenvalue weighted by Gasteiger charge is -2.29. The minimum Gasteiger partial charge on any atom is -0.376 e. The Kier molecular flexibility index (Phi) is 7.29. The van der Waals surface area contributed by atoms with Crippen molar-refractivity contribution in [1.29, 1.82) is 0 Å². The van der Waals surface area contributed by atoms with Gasteiger partial charge in [0.2, 0.25) is 0 Å². The summed E-state index contributed by atoms with van der Waals surface area (Å²) in [5, 5.41) is 0. The predicted octanol–water partition coefficient (Wildman–Crippen LogP) is 2.29. The molecular weight excluding hydrogens is 162 g/mol. The monoisotopic (exact) mass is 188 g/mol. The number of nitrogens with zero attached hydrogens (tertiary/aromatic N) is 1. The smallest absolute Gasteiger partial charge is 0.102 e. The summed E-state index contributed by atoms with van der Waals surface area (Å²) in [5.74, 6) is 0. The molecule has 0 aliphatic heterocycles. The molecule has 0 atom stereocenters. The molecule has 0 rings (SSSR count). The van der Waals surface area contributed by atoms with Crippen molar-refractivity contribution in [2.75, 3.05) is 40.4 Å². The summed E-state index contributed by atoms with van der Waals surface area (Å²) >= 11 is 0. The molecule has 0 aromatic carbocycles. The minimum absolute atomic E-state index is 0.842. The fourth-order valence-corrected chi connectivity index (χ4v) is 1.36. The molecule has 0 aromatic rings. The van der Waals surface area contributed by atoms with Gasteiger partial charge in [0.15, 0.2) is 0 Å². The molecule has 0 bridgehead atoms. The SMILES string of the molecule is CCCCC[N+](C)(C)CCOCC. The third-order valence-electron chi connectivity index (χ3n) is 2.41. The van der Waals surface area contributed by atoms with E-state index in [1.54, 1.807) is 0 Å². The maximum Gasteiger partial charge on any atom is 0.102 e. The van der Waals surface area contributed by atoms with Gasteiger partial charge in [-0.05, 0) is 19.8 Å². The molecule has 0 N–H and O–H groups in total. The Bertz CT molecular complexity index is 101. The van der Waals surface area contributed by atoms with E-state index in [0.717, 1.165) is 24.2 Å². The number of likely N-dealkylation sites (N-methyl/N-ethyl adjacent to an activating group) is 1. The molecule has 0 radical (unpaired) electrons. The first-order chi connectivity index (χ1) is 6.12. The van der Waals surface area contributed by atoms with Crippen LogP contribution in [-0.4, -0.2) is 44.9 Å². The molecule has 80 valence electrons. The fraction of sp³-hybridized carbons (Fsp3) is 1.00. The molecule has 0 fully saturated rings.